The fourth-order valence-electron chi connectivity index (χ4n) is 2.52. The smallest absolute Gasteiger partial charge is 0.248 e. The number of amides is 2. The van der Waals surface area contributed by atoms with E-state index in [1.54, 1.807) is 48.6 Å². The summed E-state index contributed by atoms with van der Waals surface area (Å²) in [4.78, 5) is 24.0. The molecule has 0 unspecified atom stereocenters. The molecule has 3 aromatic rings. The highest BCUT2D eigenvalue weighted by atomic mass is 16.2. The van der Waals surface area contributed by atoms with E-state index in [4.69, 9.17) is 5.73 Å². The molecular weight excluding hydrogens is 362 g/mol. The van der Waals surface area contributed by atoms with Gasteiger partial charge >= 0.3 is 0 Å². The van der Waals surface area contributed by atoms with Gasteiger partial charge in [-0.3, -0.25) is 9.59 Å². The zero-order chi connectivity index (χ0) is 20.5. The van der Waals surface area contributed by atoms with Gasteiger partial charge in [0.05, 0.1) is 0 Å². The second kappa shape index (κ2) is 9.71. The first kappa shape index (κ1) is 19.6. The minimum atomic E-state index is -0.238. The number of rotatable bonds is 6. The van der Waals surface area contributed by atoms with E-state index in [9.17, 15) is 9.59 Å². The van der Waals surface area contributed by atoms with Crippen LogP contribution in [-0.2, 0) is 9.59 Å². The van der Waals surface area contributed by atoms with Crippen LogP contribution in [0.25, 0.3) is 12.2 Å². The standard InChI is InChI=1S/C24H21N3O2/c25-20-10-14-22(15-11-20)27-24(29)17-9-19-6-12-21(13-7-19)26-23(28)16-8-18-4-2-1-3-5-18/h1-17H,25H2,(H,26,28)(H,27,29)/b16-8+,17-9+. The molecule has 0 fully saturated rings. The van der Waals surface area contributed by atoms with E-state index in [0.29, 0.717) is 17.1 Å². The summed E-state index contributed by atoms with van der Waals surface area (Å²) in [6, 6.07) is 23.8. The molecule has 0 spiro atoms. The SMILES string of the molecule is Nc1ccc(NC(=O)/C=C/c2ccc(NC(=O)/C=C/c3ccccc3)cc2)cc1. The normalized spacial score (nSPS) is 10.9. The van der Waals surface area contributed by atoms with Crippen molar-refractivity contribution in [2.45, 2.75) is 0 Å². The maximum atomic E-state index is 12.0. The number of nitrogen functional groups attached to an aromatic ring is 1. The van der Waals surface area contributed by atoms with Crippen molar-refractivity contribution in [2.75, 3.05) is 16.4 Å². The monoisotopic (exact) mass is 383 g/mol. The maximum Gasteiger partial charge on any atom is 0.248 e. The number of anilines is 3. The molecule has 0 aliphatic carbocycles. The van der Waals surface area contributed by atoms with Crippen LogP contribution in [0.5, 0.6) is 0 Å². The lowest BCUT2D eigenvalue weighted by molar-refractivity contribution is -0.112. The van der Waals surface area contributed by atoms with E-state index >= 15 is 0 Å². The lowest BCUT2D eigenvalue weighted by atomic mass is 10.2. The highest BCUT2D eigenvalue weighted by molar-refractivity contribution is 6.03. The molecule has 2 amide bonds. The third-order valence-corrected chi connectivity index (χ3v) is 4.01. The predicted molar refractivity (Wildman–Crippen MR) is 119 cm³/mol. The van der Waals surface area contributed by atoms with Crippen molar-refractivity contribution in [3.05, 3.63) is 102 Å². The topological polar surface area (TPSA) is 84.2 Å². The lowest BCUT2D eigenvalue weighted by Crippen LogP contribution is -2.08. The molecule has 0 aliphatic rings. The summed E-state index contributed by atoms with van der Waals surface area (Å²) in [5.74, 6) is -0.446. The van der Waals surface area contributed by atoms with Crippen LogP contribution in [0, 0.1) is 0 Å². The Morgan fingerprint density at radius 3 is 1.59 bits per heavy atom. The molecule has 0 saturated heterocycles. The van der Waals surface area contributed by atoms with E-state index in [2.05, 4.69) is 10.6 Å². The molecule has 3 rings (SSSR count). The van der Waals surface area contributed by atoms with Crippen molar-refractivity contribution in [1.82, 2.24) is 0 Å². The van der Waals surface area contributed by atoms with Gasteiger partial charge in [0.1, 0.15) is 0 Å². The zero-order valence-electron chi connectivity index (χ0n) is 15.7. The number of hydrogen-bond acceptors (Lipinski definition) is 3. The first-order valence-corrected chi connectivity index (χ1v) is 9.07. The molecule has 4 N–H and O–H groups in total. The van der Waals surface area contributed by atoms with Crippen LogP contribution >= 0.6 is 0 Å². The number of carbonyl (C=O) groups excluding carboxylic acids is 2. The summed E-state index contributed by atoms with van der Waals surface area (Å²) in [7, 11) is 0. The third kappa shape index (κ3) is 6.52. The summed E-state index contributed by atoms with van der Waals surface area (Å²) < 4.78 is 0. The molecule has 0 aliphatic heterocycles. The van der Waals surface area contributed by atoms with Gasteiger partial charge in [-0.25, -0.2) is 0 Å². The van der Waals surface area contributed by atoms with Crippen molar-refractivity contribution in [3.8, 4) is 0 Å². The Labute approximate surface area is 169 Å². The van der Waals surface area contributed by atoms with Crippen LogP contribution in [0.15, 0.2) is 91.0 Å². The summed E-state index contributed by atoms with van der Waals surface area (Å²) in [5, 5.41) is 5.56. The van der Waals surface area contributed by atoms with Crippen LogP contribution in [0.1, 0.15) is 11.1 Å². The highest BCUT2D eigenvalue weighted by Gasteiger charge is 2.00. The molecular formula is C24H21N3O2. The summed E-state index contributed by atoms with van der Waals surface area (Å²) in [5.41, 5.74) is 9.42. The van der Waals surface area contributed by atoms with Gasteiger partial charge in [-0.05, 0) is 59.7 Å². The quantitative estimate of drug-likeness (QED) is 0.430. The fourth-order valence-corrected chi connectivity index (χ4v) is 2.52. The molecule has 0 atom stereocenters. The van der Waals surface area contributed by atoms with Gasteiger partial charge in [-0.1, -0.05) is 42.5 Å². The van der Waals surface area contributed by atoms with Crippen molar-refractivity contribution in [3.63, 3.8) is 0 Å². The first-order valence-electron chi connectivity index (χ1n) is 9.07. The first-order chi connectivity index (χ1) is 14.1. The van der Waals surface area contributed by atoms with Gasteiger partial charge in [0.15, 0.2) is 0 Å². The van der Waals surface area contributed by atoms with Gasteiger partial charge in [-0.2, -0.15) is 0 Å². The number of carbonyl (C=O) groups is 2. The number of benzene rings is 3. The largest absolute Gasteiger partial charge is 0.399 e. The predicted octanol–water partition coefficient (Wildman–Crippen LogP) is 4.57. The second-order valence-corrected chi connectivity index (χ2v) is 6.30. The van der Waals surface area contributed by atoms with Crippen molar-refractivity contribution < 1.29 is 9.59 Å². The Bertz CT molecular complexity index is 1020. The van der Waals surface area contributed by atoms with Gasteiger partial charge < -0.3 is 16.4 Å². The van der Waals surface area contributed by atoms with Crippen molar-refractivity contribution >= 4 is 41.0 Å². The average molecular weight is 383 g/mol. The Hall–Kier alpha value is -4.12. The third-order valence-electron chi connectivity index (χ3n) is 4.01. The minimum absolute atomic E-state index is 0.208. The van der Waals surface area contributed by atoms with E-state index in [1.807, 2.05) is 42.5 Å². The Morgan fingerprint density at radius 1 is 0.621 bits per heavy atom. The Morgan fingerprint density at radius 2 is 1.07 bits per heavy atom. The van der Waals surface area contributed by atoms with E-state index < -0.39 is 0 Å². The molecule has 0 aromatic heterocycles. The molecule has 0 bridgehead atoms. The van der Waals surface area contributed by atoms with Gasteiger partial charge in [-0.15, -0.1) is 0 Å². The second-order valence-electron chi connectivity index (χ2n) is 6.30. The molecule has 0 heterocycles. The molecule has 3 aromatic carbocycles. The van der Waals surface area contributed by atoms with Crippen LogP contribution in [0.2, 0.25) is 0 Å². The van der Waals surface area contributed by atoms with Gasteiger partial charge in [0.2, 0.25) is 11.8 Å². The van der Waals surface area contributed by atoms with E-state index in [0.717, 1.165) is 11.1 Å². The van der Waals surface area contributed by atoms with Crippen molar-refractivity contribution in [2.24, 2.45) is 0 Å². The summed E-state index contributed by atoms with van der Waals surface area (Å²) in [6.45, 7) is 0. The van der Waals surface area contributed by atoms with Gasteiger partial charge in [0, 0.05) is 29.2 Å². The number of nitrogens with one attached hydrogen (secondary N) is 2. The minimum Gasteiger partial charge on any atom is -0.399 e. The zero-order valence-corrected chi connectivity index (χ0v) is 15.7. The Balaban J connectivity index is 1.52. The van der Waals surface area contributed by atoms with Crippen LogP contribution in [0.4, 0.5) is 17.1 Å². The Kier molecular flexibility index (Phi) is 6.58. The fraction of sp³-hybridized carbons (Fsp3) is 0. The van der Waals surface area contributed by atoms with E-state index in [-0.39, 0.29) is 11.8 Å². The average Bonchev–Trinajstić information content (AvgIpc) is 2.74. The lowest BCUT2D eigenvalue weighted by Gasteiger charge is -2.03. The molecule has 144 valence electrons. The summed E-state index contributed by atoms with van der Waals surface area (Å²) in [6.07, 6.45) is 6.40. The molecule has 5 heteroatoms. The van der Waals surface area contributed by atoms with Crippen LogP contribution in [0.3, 0.4) is 0 Å². The van der Waals surface area contributed by atoms with Gasteiger partial charge in [0.25, 0.3) is 0 Å². The van der Waals surface area contributed by atoms with E-state index in [1.165, 1.54) is 12.2 Å². The number of hydrogen-bond donors (Lipinski definition) is 3. The van der Waals surface area contributed by atoms with Crippen LogP contribution < -0.4 is 16.4 Å². The molecule has 0 radical (unpaired) electrons. The summed E-state index contributed by atoms with van der Waals surface area (Å²) >= 11 is 0. The van der Waals surface area contributed by atoms with Crippen LogP contribution in [-0.4, -0.2) is 11.8 Å². The highest BCUT2D eigenvalue weighted by Crippen LogP contribution is 2.13. The molecule has 0 saturated carbocycles. The maximum absolute atomic E-state index is 12.0. The van der Waals surface area contributed by atoms with Crippen molar-refractivity contribution in [1.29, 1.82) is 0 Å². The number of nitrogens with two attached hydrogens (primary N) is 1. The molecule has 5 nitrogen and oxygen atoms in total. The molecule has 29 heavy (non-hydrogen) atoms.